The number of carboxylic acid groups (broad SMARTS) is 1. The lowest BCUT2D eigenvalue weighted by molar-refractivity contribution is -0.165. The van der Waals surface area contributed by atoms with Crippen LogP contribution in [-0.2, 0) is 38.2 Å². The molecule has 182 valence electrons. The Bertz CT molecular complexity index is 615. The average molecular weight is 516 g/mol. The van der Waals surface area contributed by atoms with Crippen LogP contribution in [-0.4, -0.2) is 57.1 Å². The summed E-state index contributed by atoms with van der Waals surface area (Å²) in [6, 6.07) is 0. The summed E-state index contributed by atoms with van der Waals surface area (Å²) < 4.78 is 31.0. The fourth-order valence-corrected chi connectivity index (χ4v) is 1.70. The number of rotatable bonds is 5. The number of carbonyl (C=O) groups is 6. The molecule has 0 aromatic heterocycles. The second-order valence-corrected chi connectivity index (χ2v) is 6.33. The van der Waals surface area contributed by atoms with Gasteiger partial charge in [0.05, 0.1) is 8.52 Å². The molecule has 13 heteroatoms. The molecule has 2 saturated carbocycles. The van der Waals surface area contributed by atoms with Gasteiger partial charge in [-0.25, -0.2) is 4.79 Å². The third-order valence-electron chi connectivity index (χ3n) is 2.99. The quantitative estimate of drug-likeness (QED) is 0.329. The standard InChI is InChI=1S/C6H7ClO3.C6H8O4.C2Cl2O2.C2H6.CH3F.CH4/c1-4(8)10-6(2-3-6)5(7)9;1-4(7)10-6(2-3-6)5(8)9;3-1(5)2(4)6;2*1-2;/h2-3H2,1H3;2-3H2,1H3,(H,8,9);;1-2H3;1H3;1H4/i;;;2*1D;. The van der Waals surface area contributed by atoms with Crippen LogP contribution in [0.4, 0.5) is 4.39 Å². The van der Waals surface area contributed by atoms with E-state index in [9.17, 15) is 33.2 Å². The van der Waals surface area contributed by atoms with Crippen LogP contribution in [0.3, 0.4) is 0 Å². The van der Waals surface area contributed by atoms with Crippen LogP contribution in [0, 0.1) is 0 Å². The first kappa shape index (κ1) is 31.4. The van der Waals surface area contributed by atoms with Gasteiger partial charge in [-0.05, 0) is 34.8 Å². The molecule has 9 nitrogen and oxygen atoms in total. The van der Waals surface area contributed by atoms with E-state index in [1.54, 1.807) is 6.92 Å². The first-order valence-corrected chi connectivity index (χ1v) is 9.10. The van der Waals surface area contributed by atoms with Gasteiger partial charge in [0.2, 0.25) is 5.60 Å². The summed E-state index contributed by atoms with van der Waals surface area (Å²) in [6.45, 7) is 4.77. The Morgan fingerprint density at radius 2 is 1.13 bits per heavy atom. The van der Waals surface area contributed by atoms with E-state index >= 15 is 0 Å². The highest BCUT2D eigenvalue weighted by molar-refractivity contribution is 6.97. The Hall–Kier alpha value is -1.78. The highest BCUT2D eigenvalue weighted by Crippen LogP contribution is 2.41. The van der Waals surface area contributed by atoms with Gasteiger partial charge in [-0.1, -0.05) is 21.3 Å². The highest BCUT2D eigenvalue weighted by Gasteiger charge is 2.54. The van der Waals surface area contributed by atoms with E-state index < -0.39 is 52.0 Å². The van der Waals surface area contributed by atoms with E-state index in [1.807, 2.05) is 0 Å². The summed E-state index contributed by atoms with van der Waals surface area (Å²) in [5.74, 6) is -2.02. The summed E-state index contributed by atoms with van der Waals surface area (Å²) in [7, 11) is -1.00. The molecule has 0 aromatic carbocycles. The van der Waals surface area contributed by atoms with Gasteiger partial charge in [-0.15, -0.1) is 0 Å². The number of ether oxygens (including phenoxy) is 2. The largest absolute Gasteiger partial charge is 0.478 e. The second kappa shape index (κ2) is 17.9. The van der Waals surface area contributed by atoms with Gasteiger partial charge in [0, 0.05) is 40.9 Å². The number of alkyl halides is 1. The molecule has 2 aliphatic carbocycles. The van der Waals surface area contributed by atoms with Crippen LogP contribution in [0.25, 0.3) is 0 Å². The summed E-state index contributed by atoms with van der Waals surface area (Å²) >= 11 is 14.1. The van der Waals surface area contributed by atoms with Gasteiger partial charge >= 0.3 is 28.4 Å². The third-order valence-corrected chi connectivity index (χ3v) is 3.77. The number of carbonyl (C=O) groups excluding carboxylic acids is 5. The SMILES string of the molecule is C.CC(=O)OC1(C(=O)Cl)CC1.CC(=O)OC1(C(=O)O)CC1.O=C(Cl)C(=O)Cl.[2H]CC.[2H]CF. The molecule has 0 atom stereocenters. The Morgan fingerprint density at radius 1 is 0.871 bits per heavy atom. The molecule has 2 aliphatic rings. The van der Waals surface area contributed by atoms with Crippen molar-refractivity contribution in [2.75, 3.05) is 7.15 Å². The third kappa shape index (κ3) is 16.6. The summed E-state index contributed by atoms with van der Waals surface area (Å²) in [5.41, 5.74) is -2.11. The topological polar surface area (TPSA) is 141 Å². The predicted octanol–water partition coefficient (Wildman–Crippen LogP) is 3.78. The van der Waals surface area contributed by atoms with Crippen molar-refractivity contribution in [3.05, 3.63) is 0 Å². The van der Waals surface area contributed by atoms with Crippen LogP contribution in [0.5, 0.6) is 0 Å². The number of hydrogen-bond donors (Lipinski definition) is 1. The average Bonchev–Trinajstić information content (AvgIpc) is 3.54. The molecule has 2 rings (SSSR count). The van der Waals surface area contributed by atoms with Crippen molar-refractivity contribution < 1.29 is 50.5 Å². The molecule has 31 heavy (non-hydrogen) atoms. The molecule has 0 radical (unpaired) electrons. The maximum atomic E-state index is 10.6. The maximum absolute atomic E-state index is 10.6. The van der Waals surface area contributed by atoms with Gasteiger partial charge in [0.1, 0.15) is 0 Å². The van der Waals surface area contributed by atoms with E-state index in [4.69, 9.17) is 19.4 Å². The Morgan fingerprint density at radius 3 is 1.19 bits per heavy atom. The lowest BCUT2D eigenvalue weighted by Crippen LogP contribution is -2.27. The zero-order valence-electron chi connectivity index (χ0n) is 18.5. The Labute approximate surface area is 198 Å². The van der Waals surface area contributed by atoms with Crippen molar-refractivity contribution in [3.8, 4) is 0 Å². The molecule has 0 aromatic rings. The number of halogens is 4. The van der Waals surface area contributed by atoms with Crippen LogP contribution in [0.2, 0.25) is 0 Å². The maximum Gasteiger partial charge on any atom is 0.348 e. The smallest absolute Gasteiger partial charge is 0.348 e. The van der Waals surface area contributed by atoms with Gasteiger partial charge in [0.25, 0.3) is 5.24 Å². The van der Waals surface area contributed by atoms with Crippen molar-refractivity contribution >= 4 is 68.4 Å². The number of esters is 2. The zero-order chi connectivity index (χ0) is 26.1. The van der Waals surface area contributed by atoms with Gasteiger partial charge in [0.15, 0.2) is 5.60 Å². The molecule has 1 N–H and O–H groups in total. The lowest BCUT2D eigenvalue weighted by atomic mass is 10.3. The minimum Gasteiger partial charge on any atom is -0.478 e. The number of carboxylic acids is 1. The fraction of sp³-hybridized carbons (Fsp3) is 0.667. The first-order valence-electron chi connectivity index (χ1n) is 9.38. The molecule has 0 heterocycles. The summed E-state index contributed by atoms with van der Waals surface area (Å²) in [6.07, 6.45) is 2.02. The van der Waals surface area contributed by atoms with Crippen LogP contribution in [0.15, 0.2) is 0 Å². The minimum atomic E-state index is -1.16. The normalized spacial score (nSPS) is 15.5. The molecule has 0 spiro atoms. The van der Waals surface area contributed by atoms with Crippen molar-refractivity contribution in [2.24, 2.45) is 0 Å². The van der Waals surface area contributed by atoms with Crippen molar-refractivity contribution in [3.63, 3.8) is 0 Å². The molecule has 2 fully saturated rings. The summed E-state index contributed by atoms with van der Waals surface area (Å²) in [4.78, 5) is 60.4. The van der Waals surface area contributed by atoms with Crippen molar-refractivity contribution in [1.82, 2.24) is 0 Å². The molecule has 0 saturated heterocycles. The Kier molecular flexibility index (Phi) is 18.1. The van der Waals surface area contributed by atoms with Gasteiger partial charge in [-0.3, -0.25) is 28.4 Å². The molecule has 0 amide bonds. The predicted molar refractivity (Wildman–Crippen MR) is 113 cm³/mol. The van der Waals surface area contributed by atoms with Crippen LogP contribution < -0.4 is 0 Å². The fourth-order valence-electron chi connectivity index (χ4n) is 1.48. The molecular formula is C18H28Cl3FO9. The lowest BCUT2D eigenvalue weighted by Gasteiger charge is -2.08. The number of hydrogen-bond acceptors (Lipinski definition) is 8. The van der Waals surface area contributed by atoms with E-state index in [1.165, 1.54) is 13.8 Å². The van der Waals surface area contributed by atoms with Gasteiger partial charge in [-0.2, -0.15) is 0 Å². The van der Waals surface area contributed by atoms with Gasteiger partial charge < -0.3 is 14.6 Å². The van der Waals surface area contributed by atoms with Crippen LogP contribution in [0.1, 0.15) is 63.5 Å². The Balaban J connectivity index is -0.000000172. The van der Waals surface area contributed by atoms with Crippen molar-refractivity contribution in [1.29, 1.82) is 0 Å². The second-order valence-electron chi connectivity index (χ2n) is 5.30. The van der Waals surface area contributed by atoms with E-state index in [-0.39, 0.29) is 7.43 Å². The monoisotopic (exact) mass is 514 g/mol. The highest BCUT2D eigenvalue weighted by atomic mass is 35.5. The van der Waals surface area contributed by atoms with E-state index in [0.29, 0.717) is 32.6 Å². The molecule has 0 bridgehead atoms. The van der Waals surface area contributed by atoms with Crippen molar-refractivity contribution in [2.45, 2.75) is 72.0 Å². The number of aliphatic carboxylic acids is 1. The molecule has 0 unspecified atom stereocenters. The zero-order valence-corrected chi connectivity index (χ0v) is 18.7. The molecule has 0 aliphatic heterocycles. The molecular weight excluding hydrogens is 486 g/mol. The van der Waals surface area contributed by atoms with E-state index in [2.05, 4.69) is 32.7 Å². The minimum absolute atomic E-state index is 0. The van der Waals surface area contributed by atoms with E-state index in [0.717, 1.165) is 0 Å². The van der Waals surface area contributed by atoms with Crippen LogP contribution >= 0.6 is 34.8 Å². The first-order chi connectivity index (χ1) is 14.6. The summed E-state index contributed by atoms with van der Waals surface area (Å²) in [5, 5.41) is 5.62.